The van der Waals surface area contributed by atoms with E-state index in [4.69, 9.17) is 0 Å². The van der Waals surface area contributed by atoms with Crippen molar-refractivity contribution in [3.63, 3.8) is 0 Å². The lowest BCUT2D eigenvalue weighted by Crippen LogP contribution is -2.47. The van der Waals surface area contributed by atoms with E-state index >= 15 is 0 Å². The van der Waals surface area contributed by atoms with Gasteiger partial charge in [0.25, 0.3) is 0 Å². The van der Waals surface area contributed by atoms with Gasteiger partial charge in [-0.15, -0.1) is 11.8 Å². The van der Waals surface area contributed by atoms with Crippen LogP contribution in [0, 0.1) is 17.6 Å². The molecule has 0 N–H and O–H groups in total. The first kappa shape index (κ1) is 16.2. The van der Waals surface area contributed by atoms with E-state index in [9.17, 15) is 18.4 Å². The zero-order valence-corrected chi connectivity index (χ0v) is 13.8. The summed E-state index contributed by atoms with van der Waals surface area (Å²) in [5.41, 5.74) is -0.00631. The van der Waals surface area contributed by atoms with Crippen molar-refractivity contribution in [2.24, 2.45) is 5.92 Å². The minimum absolute atomic E-state index is 0.00631. The summed E-state index contributed by atoms with van der Waals surface area (Å²) in [4.78, 5) is 27.8. The van der Waals surface area contributed by atoms with Crippen LogP contribution in [0.1, 0.15) is 17.9 Å². The van der Waals surface area contributed by atoms with Crippen LogP contribution in [0.4, 0.5) is 8.78 Å². The van der Waals surface area contributed by atoms with E-state index < -0.39 is 29.5 Å². The quantitative estimate of drug-likeness (QED) is 0.846. The Morgan fingerprint density at radius 3 is 2.52 bits per heavy atom. The standard InChI is InChI=1S/C16H18F2N2O2S/c1-19(2)16(22)13-7-23-8-20(13)15(21)10-6-9(10)14-11(17)4-3-5-12(14)18/h3-5,9-10,13H,6-8H2,1-2H3/t9-,10-,13+/m1/s1. The number of likely N-dealkylation sites (N-methyl/N-ethyl adjacent to an activating group) is 1. The van der Waals surface area contributed by atoms with Crippen LogP contribution in [-0.4, -0.2) is 53.4 Å². The number of rotatable bonds is 3. The monoisotopic (exact) mass is 340 g/mol. The van der Waals surface area contributed by atoms with Crippen LogP contribution in [0.3, 0.4) is 0 Å². The molecule has 1 aromatic rings. The second-order valence-corrected chi connectivity index (χ2v) is 7.14. The van der Waals surface area contributed by atoms with Crippen molar-refractivity contribution in [2.45, 2.75) is 18.4 Å². The van der Waals surface area contributed by atoms with Crippen LogP contribution in [0.25, 0.3) is 0 Å². The highest BCUT2D eigenvalue weighted by Crippen LogP contribution is 2.50. The van der Waals surface area contributed by atoms with E-state index in [2.05, 4.69) is 0 Å². The Labute approximate surface area is 137 Å². The highest BCUT2D eigenvalue weighted by molar-refractivity contribution is 7.99. The molecule has 3 rings (SSSR count). The lowest BCUT2D eigenvalue weighted by Gasteiger charge is -2.25. The number of benzene rings is 1. The number of halogens is 2. The highest BCUT2D eigenvalue weighted by atomic mass is 32.2. The molecule has 1 heterocycles. The Hall–Kier alpha value is -1.63. The predicted molar refractivity (Wildman–Crippen MR) is 83.9 cm³/mol. The van der Waals surface area contributed by atoms with Gasteiger partial charge in [0.05, 0.1) is 5.88 Å². The van der Waals surface area contributed by atoms with E-state index in [0.717, 1.165) is 0 Å². The Morgan fingerprint density at radius 2 is 1.91 bits per heavy atom. The molecule has 1 aromatic carbocycles. The summed E-state index contributed by atoms with van der Waals surface area (Å²) in [5.74, 6) is -1.35. The fraction of sp³-hybridized carbons (Fsp3) is 0.500. The van der Waals surface area contributed by atoms with Gasteiger partial charge in [-0.25, -0.2) is 8.78 Å². The summed E-state index contributed by atoms with van der Waals surface area (Å²) < 4.78 is 27.7. The molecule has 3 atom stereocenters. The third-order valence-electron chi connectivity index (χ3n) is 4.37. The van der Waals surface area contributed by atoms with E-state index in [1.54, 1.807) is 19.0 Å². The maximum atomic E-state index is 13.8. The second-order valence-electron chi connectivity index (χ2n) is 6.14. The summed E-state index contributed by atoms with van der Waals surface area (Å²) in [6, 6.07) is 3.26. The first-order chi connectivity index (χ1) is 10.9. The molecule has 0 unspecified atom stereocenters. The Morgan fingerprint density at radius 1 is 1.26 bits per heavy atom. The maximum Gasteiger partial charge on any atom is 0.245 e. The molecule has 2 aliphatic rings. The first-order valence-corrected chi connectivity index (χ1v) is 8.60. The summed E-state index contributed by atoms with van der Waals surface area (Å²) in [6.45, 7) is 0. The average molecular weight is 340 g/mol. The van der Waals surface area contributed by atoms with Gasteiger partial charge < -0.3 is 9.80 Å². The zero-order valence-electron chi connectivity index (χ0n) is 13.0. The fourth-order valence-corrected chi connectivity index (χ4v) is 4.18. The SMILES string of the molecule is CN(C)C(=O)[C@@H]1CSCN1C(=O)[C@@H]1C[C@H]1c1c(F)cccc1F. The highest BCUT2D eigenvalue weighted by Gasteiger charge is 2.50. The van der Waals surface area contributed by atoms with Crippen molar-refractivity contribution in [3.05, 3.63) is 35.4 Å². The average Bonchev–Trinajstić information content (AvgIpc) is 3.12. The number of hydrogen-bond donors (Lipinski definition) is 0. The first-order valence-electron chi connectivity index (χ1n) is 7.45. The molecule has 1 aliphatic carbocycles. The second kappa shape index (κ2) is 6.11. The third-order valence-corrected chi connectivity index (χ3v) is 5.38. The van der Waals surface area contributed by atoms with Gasteiger partial charge in [-0.05, 0) is 18.6 Å². The van der Waals surface area contributed by atoms with Crippen molar-refractivity contribution in [1.82, 2.24) is 9.80 Å². The molecule has 0 radical (unpaired) electrons. The number of carbonyl (C=O) groups excluding carboxylic acids is 2. The molecule has 0 spiro atoms. The smallest absolute Gasteiger partial charge is 0.245 e. The molecule has 23 heavy (non-hydrogen) atoms. The van der Waals surface area contributed by atoms with Gasteiger partial charge >= 0.3 is 0 Å². The van der Waals surface area contributed by atoms with Crippen LogP contribution in [0.15, 0.2) is 18.2 Å². The van der Waals surface area contributed by atoms with Crippen molar-refractivity contribution in [3.8, 4) is 0 Å². The zero-order chi connectivity index (χ0) is 16.7. The minimum Gasteiger partial charge on any atom is -0.347 e. The van der Waals surface area contributed by atoms with Gasteiger partial charge in [-0.1, -0.05) is 6.07 Å². The molecule has 4 nitrogen and oxygen atoms in total. The Kier molecular flexibility index (Phi) is 4.31. The van der Waals surface area contributed by atoms with Crippen molar-refractivity contribution < 1.29 is 18.4 Å². The summed E-state index contributed by atoms with van der Waals surface area (Å²) in [6.07, 6.45) is 0.431. The molecule has 7 heteroatoms. The van der Waals surface area contributed by atoms with Crippen molar-refractivity contribution in [1.29, 1.82) is 0 Å². The summed E-state index contributed by atoms with van der Waals surface area (Å²) >= 11 is 1.52. The number of amides is 2. The van der Waals surface area contributed by atoms with Gasteiger partial charge in [0.1, 0.15) is 17.7 Å². The van der Waals surface area contributed by atoms with Crippen LogP contribution in [0.5, 0.6) is 0 Å². The normalized spacial score (nSPS) is 26.3. The molecule has 0 bridgehead atoms. The Bertz CT molecular complexity index is 633. The van der Waals surface area contributed by atoms with Crippen LogP contribution >= 0.6 is 11.8 Å². The van der Waals surface area contributed by atoms with Crippen molar-refractivity contribution >= 4 is 23.6 Å². The molecule has 0 aromatic heterocycles. The van der Waals surface area contributed by atoms with Gasteiger partial charge in [0.15, 0.2) is 0 Å². The van der Waals surface area contributed by atoms with Gasteiger partial charge in [0.2, 0.25) is 11.8 Å². The van der Waals surface area contributed by atoms with E-state index in [0.29, 0.717) is 18.1 Å². The minimum atomic E-state index is -0.609. The number of thioether (sulfide) groups is 1. The van der Waals surface area contributed by atoms with Crippen LogP contribution < -0.4 is 0 Å². The Balaban J connectivity index is 1.74. The summed E-state index contributed by atoms with van der Waals surface area (Å²) in [7, 11) is 3.31. The number of hydrogen-bond acceptors (Lipinski definition) is 3. The third kappa shape index (κ3) is 2.94. The largest absolute Gasteiger partial charge is 0.347 e. The lowest BCUT2D eigenvalue weighted by molar-refractivity contribution is -0.142. The molecular formula is C16H18F2N2O2S. The predicted octanol–water partition coefficient (Wildman–Crippen LogP) is 2.06. The lowest BCUT2D eigenvalue weighted by atomic mass is 10.1. The van der Waals surface area contributed by atoms with Gasteiger partial charge in [0, 0.05) is 37.2 Å². The van der Waals surface area contributed by atoms with E-state index in [1.165, 1.54) is 34.9 Å². The molecule has 1 saturated carbocycles. The molecular weight excluding hydrogens is 322 g/mol. The molecule has 1 saturated heterocycles. The maximum absolute atomic E-state index is 13.8. The summed E-state index contributed by atoms with van der Waals surface area (Å²) in [5, 5.41) is 0. The van der Waals surface area contributed by atoms with E-state index in [1.807, 2.05) is 0 Å². The van der Waals surface area contributed by atoms with Gasteiger partial charge in [-0.3, -0.25) is 9.59 Å². The van der Waals surface area contributed by atoms with Gasteiger partial charge in [-0.2, -0.15) is 0 Å². The van der Waals surface area contributed by atoms with Crippen LogP contribution in [-0.2, 0) is 9.59 Å². The fourth-order valence-electron chi connectivity index (χ4n) is 3.03. The molecule has 124 valence electrons. The number of nitrogens with zero attached hydrogens (tertiary/aromatic N) is 2. The van der Waals surface area contributed by atoms with E-state index in [-0.39, 0.29) is 17.4 Å². The molecule has 1 aliphatic heterocycles. The number of carbonyl (C=O) groups is 2. The van der Waals surface area contributed by atoms with Crippen molar-refractivity contribution in [2.75, 3.05) is 25.7 Å². The molecule has 2 fully saturated rings. The molecule has 2 amide bonds. The topological polar surface area (TPSA) is 40.6 Å². The van der Waals surface area contributed by atoms with Crippen LogP contribution in [0.2, 0.25) is 0 Å².